The molecule has 0 aliphatic heterocycles. The van der Waals surface area contributed by atoms with Gasteiger partial charge in [0.25, 0.3) is 0 Å². The first-order chi connectivity index (χ1) is 31.5. The molecule has 0 bridgehead atoms. The number of benzene rings is 6. The molecule has 0 aliphatic carbocycles. The molecule has 0 spiro atoms. The van der Waals surface area contributed by atoms with Crippen LogP contribution in [0, 0.1) is 13.8 Å². The van der Waals surface area contributed by atoms with E-state index in [9.17, 15) is 30.7 Å². The summed E-state index contributed by atoms with van der Waals surface area (Å²) in [7, 11) is -1.00. The molecule has 340 valence electrons. The van der Waals surface area contributed by atoms with Crippen molar-refractivity contribution in [3.05, 3.63) is 219 Å². The number of aromatic nitrogens is 2. The molecule has 6 aromatic carbocycles. The Morgan fingerprint density at radius 3 is 1.34 bits per heavy atom. The molecule has 0 radical (unpaired) electrons. The summed E-state index contributed by atoms with van der Waals surface area (Å²) in [6, 6.07) is 47.9. The summed E-state index contributed by atoms with van der Waals surface area (Å²) in [6.07, 6.45) is -5.79. The van der Waals surface area contributed by atoms with Crippen LogP contribution in [0.4, 0.5) is 36.7 Å². The Bertz CT molecular complexity index is 2460. The van der Waals surface area contributed by atoms with Gasteiger partial charge in [-0.05, 0) is 100 Å². The van der Waals surface area contributed by atoms with Crippen LogP contribution in [-0.4, -0.2) is 42.9 Å². The first kappa shape index (κ1) is 48.2. The lowest BCUT2D eigenvalue weighted by molar-refractivity contribution is -0.275. The van der Waals surface area contributed by atoms with Crippen molar-refractivity contribution in [2.45, 2.75) is 50.2 Å². The van der Waals surface area contributed by atoms with Gasteiger partial charge < -0.3 is 20.5 Å². The van der Waals surface area contributed by atoms with Gasteiger partial charge in [0.05, 0.1) is 13.0 Å². The molecule has 3 N–H and O–H groups in total. The second-order valence-electron chi connectivity index (χ2n) is 15.2. The minimum atomic E-state index is -4.94. The summed E-state index contributed by atoms with van der Waals surface area (Å²) in [5.41, 5.74) is 12.9. The second-order valence-corrected chi connectivity index (χ2v) is 16.1. The minimum Gasteiger partial charge on any atom is -0.406 e. The van der Waals surface area contributed by atoms with Crippen molar-refractivity contribution in [1.82, 2.24) is 9.97 Å². The highest BCUT2D eigenvalue weighted by molar-refractivity contribution is 9.10. The number of anilines is 1. The smallest absolute Gasteiger partial charge is 0.406 e. The molecule has 0 fully saturated rings. The molecule has 1 aromatic heterocycles. The predicted octanol–water partition coefficient (Wildman–Crippen LogP) is 13.1. The fourth-order valence-electron chi connectivity index (χ4n) is 7.71. The standard InChI is InChI=1S/C27H20BrF6N3O2.C23H25N.CH3F/c28-21-15-35-24(36-16-21)37-17-25(14-18-6-2-1-3-7-18,19-8-4-10-22(12-19)38-26(29,30)31)20-9-5-11-23(13-20)39-27(32,33)34;1-18-8-6-12-21(14-18)23(17-24,16-20-10-4-3-5-11-20)22-13-7-9-19(2)15-22;1-2/h1-13,15-16H,14,17H2,(H,35,36,37);3-15H,16-17,24H2,1-2H3;1H3/i;;1D. The molecule has 14 heteroatoms. The molecule has 0 unspecified atom stereocenters. The number of aryl methyl sites for hydroxylation is 2. The zero-order valence-electron chi connectivity index (χ0n) is 36.5. The predicted molar refractivity (Wildman–Crippen MR) is 245 cm³/mol. The molecular formula is C51H48BrF7N4O2. The Labute approximate surface area is 384 Å². The molecule has 6 nitrogen and oxygen atoms in total. The van der Waals surface area contributed by atoms with Crippen molar-refractivity contribution < 1.29 is 41.6 Å². The molecule has 0 aliphatic rings. The normalized spacial score (nSPS) is 11.8. The summed E-state index contributed by atoms with van der Waals surface area (Å²) in [5.74, 6) is -0.735. The summed E-state index contributed by atoms with van der Waals surface area (Å²) in [6.45, 7) is 4.86. The average molecular weight is 963 g/mol. The van der Waals surface area contributed by atoms with Gasteiger partial charge in [-0.3, -0.25) is 4.39 Å². The summed E-state index contributed by atoms with van der Waals surface area (Å²) >= 11 is 3.25. The topological polar surface area (TPSA) is 82.3 Å². The number of nitrogens with zero attached hydrogens (tertiary/aromatic N) is 2. The van der Waals surface area contributed by atoms with E-state index in [2.05, 4.69) is 133 Å². The Kier molecular flexibility index (Phi) is 16.8. The maximum atomic E-state index is 13.1. The number of nitrogens with one attached hydrogen (secondary N) is 1. The van der Waals surface area contributed by atoms with Crippen LogP contribution < -0.4 is 20.5 Å². The molecular weight excluding hydrogens is 913 g/mol. The highest BCUT2D eigenvalue weighted by Gasteiger charge is 2.39. The van der Waals surface area contributed by atoms with Gasteiger partial charge in [-0.1, -0.05) is 145 Å². The van der Waals surface area contributed by atoms with Crippen LogP contribution >= 0.6 is 15.9 Å². The Morgan fingerprint density at radius 1 is 0.569 bits per heavy atom. The van der Waals surface area contributed by atoms with E-state index in [4.69, 9.17) is 7.10 Å². The van der Waals surface area contributed by atoms with Gasteiger partial charge in [-0.25, -0.2) is 9.97 Å². The molecule has 0 atom stereocenters. The number of hydrogen-bond donors (Lipinski definition) is 2. The van der Waals surface area contributed by atoms with Gasteiger partial charge in [0.1, 0.15) is 11.5 Å². The van der Waals surface area contributed by atoms with Crippen LogP contribution in [0.1, 0.15) is 45.9 Å². The maximum absolute atomic E-state index is 13.1. The quantitative estimate of drug-likeness (QED) is 0.106. The van der Waals surface area contributed by atoms with Crippen molar-refractivity contribution in [3.63, 3.8) is 0 Å². The molecule has 0 saturated heterocycles. The Hall–Kier alpha value is -6.25. The number of halogens is 8. The third-order valence-corrected chi connectivity index (χ3v) is 11.0. The van der Waals surface area contributed by atoms with Gasteiger partial charge in [0, 0.05) is 36.3 Å². The molecule has 65 heavy (non-hydrogen) atoms. The van der Waals surface area contributed by atoms with E-state index in [1.165, 1.54) is 64.5 Å². The zero-order chi connectivity index (χ0) is 47.8. The van der Waals surface area contributed by atoms with Crippen LogP contribution in [0.2, 0.25) is 0 Å². The minimum absolute atomic E-state index is 0.00549. The monoisotopic (exact) mass is 961 g/mol. The number of alkyl halides is 7. The fraction of sp³-hybridized carbons (Fsp3) is 0.216. The highest BCUT2D eigenvalue weighted by atomic mass is 79.9. The molecule has 0 amide bonds. The second kappa shape index (κ2) is 22.6. The average Bonchev–Trinajstić information content (AvgIpc) is 3.28. The Morgan fingerprint density at radius 2 is 0.954 bits per heavy atom. The summed E-state index contributed by atoms with van der Waals surface area (Å²) in [5, 5.41) is 3.10. The van der Waals surface area contributed by atoms with Crippen molar-refractivity contribution in [3.8, 4) is 11.5 Å². The number of ether oxygens (including phenoxy) is 2. The summed E-state index contributed by atoms with van der Waals surface area (Å²) < 4.78 is 103. The van der Waals surface area contributed by atoms with E-state index in [1.807, 2.05) is 12.1 Å². The van der Waals surface area contributed by atoms with Crippen molar-refractivity contribution >= 4 is 21.9 Å². The fourth-order valence-corrected chi connectivity index (χ4v) is 7.91. The SMILES string of the molecule is Cc1cccc(C(CN)(Cc2ccccc2)c2cccc(C)c2)c1.FC(F)(F)Oc1cccc(C(CNc2ncc(Br)cn2)(Cc2ccccc2)c2cccc(OC(F)(F)F)c2)c1.[2H]CF. The van der Waals surface area contributed by atoms with Gasteiger partial charge in [-0.15, -0.1) is 26.3 Å². The maximum Gasteiger partial charge on any atom is 0.573 e. The number of nitrogens with two attached hydrogens (primary N) is 1. The van der Waals surface area contributed by atoms with Crippen LogP contribution in [0.5, 0.6) is 11.5 Å². The van der Waals surface area contributed by atoms with E-state index in [1.54, 1.807) is 30.3 Å². The van der Waals surface area contributed by atoms with Crippen LogP contribution in [0.15, 0.2) is 175 Å². The van der Waals surface area contributed by atoms with Gasteiger partial charge in [-0.2, -0.15) is 0 Å². The first-order valence-corrected chi connectivity index (χ1v) is 21.0. The van der Waals surface area contributed by atoms with Gasteiger partial charge in [0.15, 0.2) is 0 Å². The number of hydrogen-bond acceptors (Lipinski definition) is 6. The van der Waals surface area contributed by atoms with E-state index < -0.39 is 36.8 Å². The van der Waals surface area contributed by atoms with E-state index in [0.29, 0.717) is 22.1 Å². The lowest BCUT2D eigenvalue weighted by Crippen LogP contribution is -2.38. The lowest BCUT2D eigenvalue weighted by Gasteiger charge is -2.36. The Balaban J connectivity index is 0.000000257. The van der Waals surface area contributed by atoms with Crippen molar-refractivity contribution in [2.24, 2.45) is 5.73 Å². The van der Waals surface area contributed by atoms with Crippen LogP contribution in [-0.2, 0) is 23.7 Å². The van der Waals surface area contributed by atoms with E-state index >= 15 is 0 Å². The summed E-state index contributed by atoms with van der Waals surface area (Å²) in [4.78, 5) is 8.38. The van der Waals surface area contributed by atoms with Gasteiger partial charge >= 0.3 is 12.7 Å². The lowest BCUT2D eigenvalue weighted by atomic mass is 9.70. The molecule has 1 heterocycles. The van der Waals surface area contributed by atoms with E-state index in [0.717, 1.165) is 24.1 Å². The molecule has 0 saturated carbocycles. The van der Waals surface area contributed by atoms with Crippen molar-refractivity contribution in [1.29, 1.82) is 0 Å². The molecule has 7 aromatic rings. The van der Waals surface area contributed by atoms with Crippen molar-refractivity contribution in [2.75, 3.05) is 25.6 Å². The van der Waals surface area contributed by atoms with Crippen LogP contribution in [0.3, 0.4) is 0 Å². The third kappa shape index (κ3) is 14.1. The third-order valence-electron chi connectivity index (χ3n) is 10.6. The van der Waals surface area contributed by atoms with E-state index in [-0.39, 0.29) is 24.3 Å². The largest absolute Gasteiger partial charge is 0.573 e. The van der Waals surface area contributed by atoms with Gasteiger partial charge in [0.2, 0.25) is 5.95 Å². The highest BCUT2D eigenvalue weighted by Crippen LogP contribution is 2.41. The number of rotatable bonds is 14. The molecule has 7 rings (SSSR count). The first-order valence-electron chi connectivity index (χ1n) is 20.9. The van der Waals surface area contributed by atoms with Crippen LogP contribution in [0.25, 0.3) is 0 Å². The zero-order valence-corrected chi connectivity index (χ0v) is 37.1.